The Morgan fingerprint density at radius 1 is 1.47 bits per heavy atom. The standard InChI is InChI=1S/C13H16ClN3/c14-11-7-10-4-6-17(13(10)16-8-11)9-12-3-1-2-5-15-12/h4,6-8,12,15H,1-3,5,9H2. The molecule has 1 atom stereocenters. The predicted molar refractivity (Wildman–Crippen MR) is 70.4 cm³/mol. The van der Waals surface area contributed by atoms with Crippen molar-refractivity contribution in [3.63, 3.8) is 0 Å². The first-order valence-corrected chi connectivity index (χ1v) is 6.54. The lowest BCUT2D eigenvalue weighted by molar-refractivity contribution is 0.366. The highest BCUT2D eigenvalue weighted by molar-refractivity contribution is 6.31. The van der Waals surface area contributed by atoms with E-state index in [2.05, 4.69) is 27.1 Å². The summed E-state index contributed by atoms with van der Waals surface area (Å²) in [6, 6.07) is 4.63. The summed E-state index contributed by atoms with van der Waals surface area (Å²) >= 11 is 5.94. The van der Waals surface area contributed by atoms with E-state index in [0.717, 1.165) is 24.1 Å². The van der Waals surface area contributed by atoms with Crippen LogP contribution in [0.2, 0.25) is 5.02 Å². The molecule has 1 unspecified atom stereocenters. The molecule has 4 heteroatoms. The summed E-state index contributed by atoms with van der Waals surface area (Å²) in [5, 5.41) is 5.38. The molecular formula is C13H16ClN3. The molecule has 1 fully saturated rings. The van der Waals surface area contributed by atoms with Gasteiger partial charge in [-0.05, 0) is 31.5 Å². The van der Waals surface area contributed by atoms with Crippen LogP contribution in [0.4, 0.5) is 0 Å². The number of rotatable bonds is 2. The minimum absolute atomic E-state index is 0.580. The number of hydrogen-bond acceptors (Lipinski definition) is 2. The molecule has 1 N–H and O–H groups in total. The number of pyridine rings is 1. The summed E-state index contributed by atoms with van der Waals surface area (Å²) in [5.41, 5.74) is 1.03. The molecular weight excluding hydrogens is 234 g/mol. The van der Waals surface area contributed by atoms with Gasteiger partial charge in [-0.15, -0.1) is 0 Å². The van der Waals surface area contributed by atoms with E-state index in [1.54, 1.807) is 6.20 Å². The van der Waals surface area contributed by atoms with Gasteiger partial charge < -0.3 is 9.88 Å². The second-order valence-corrected chi connectivity index (χ2v) is 5.12. The normalized spacial score (nSPS) is 20.9. The molecule has 0 radical (unpaired) electrons. The molecule has 3 heterocycles. The Labute approximate surface area is 106 Å². The van der Waals surface area contributed by atoms with Gasteiger partial charge in [-0.2, -0.15) is 0 Å². The van der Waals surface area contributed by atoms with Crippen LogP contribution in [0.15, 0.2) is 24.5 Å². The topological polar surface area (TPSA) is 29.9 Å². The Hall–Kier alpha value is -1.06. The van der Waals surface area contributed by atoms with Gasteiger partial charge in [-0.25, -0.2) is 4.98 Å². The van der Waals surface area contributed by atoms with Crippen molar-refractivity contribution in [1.29, 1.82) is 0 Å². The van der Waals surface area contributed by atoms with Crippen molar-refractivity contribution in [1.82, 2.24) is 14.9 Å². The zero-order chi connectivity index (χ0) is 11.7. The second kappa shape index (κ2) is 4.67. The van der Waals surface area contributed by atoms with Crippen LogP contribution in [0.3, 0.4) is 0 Å². The number of fused-ring (bicyclic) bond motifs is 1. The van der Waals surface area contributed by atoms with Gasteiger partial charge in [0.1, 0.15) is 5.65 Å². The van der Waals surface area contributed by atoms with Crippen LogP contribution in [0.25, 0.3) is 11.0 Å². The first-order chi connectivity index (χ1) is 8.33. The van der Waals surface area contributed by atoms with Crippen molar-refractivity contribution in [3.8, 4) is 0 Å². The van der Waals surface area contributed by atoms with Crippen LogP contribution in [0, 0.1) is 0 Å². The molecule has 2 aromatic rings. The van der Waals surface area contributed by atoms with Gasteiger partial charge in [0.15, 0.2) is 0 Å². The van der Waals surface area contributed by atoms with Crippen molar-refractivity contribution in [2.24, 2.45) is 0 Å². The first-order valence-electron chi connectivity index (χ1n) is 6.17. The Morgan fingerprint density at radius 2 is 2.41 bits per heavy atom. The third kappa shape index (κ3) is 2.31. The van der Waals surface area contributed by atoms with Crippen LogP contribution in [-0.2, 0) is 6.54 Å². The van der Waals surface area contributed by atoms with Gasteiger partial charge >= 0.3 is 0 Å². The van der Waals surface area contributed by atoms with Crippen molar-refractivity contribution in [2.75, 3.05) is 6.54 Å². The van der Waals surface area contributed by atoms with E-state index < -0.39 is 0 Å². The molecule has 0 aromatic carbocycles. The monoisotopic (exact) mass is 249 g/mol. The average Bonchev–Trinajstić information content (AvgIpc) is 2.73. The molecule has 1 aliphatic rings. The van der Waals surface area contributed by atoms with Gasteiger partial charge in [0.25, 0.3) is 0 Å². The number of nitrogens with one attached hydrogen (secondary N) is 1. The number of hydrogen-bond donors (Lipinski definition) is 1. The average molecular weight is 250 g/mol. The molecule has 0 amide bonds. The maximum absolute atomic E-state index is 5.94. The molecule has 0 spiro atoms. The van der Waals surface area contributed by atoms with Gasteiger partial charge in [0, 0.05) is 30.4 Å². The molecule has 2 aromatic heterocycles. The van der Waals surface area contributed by atoms with E-state index in [9.17, 15) is 0 Å². The first kappa shape index (κ1) is 11.1. The largest absolute Gasteiger partial charge is 0.331 e. The number of aromatic nitrogens is 2. The maximum atomic E-state index is 5.94. The third-order valence-corrected chi connectivity index (χ3v) is 3.60. The molecule has 0 saturated carbocycles. The second-order valence-electron chi connectivity index (χ2n) is 4.68. The van der Waals surface area contributed by atoms with Crippen molar-refractivity contribution < 1.29 is 0 Å². The molecule has 0 aliphatic carbocycles. The highest BCUT2D eigenvalue weighted by Crippen LogP contribution is 2.19. The molecule has 17 heavy (non-hydrogen) atoms. The summed E-state index contributed by atoms with van der Waals surface area (Å²) in [6.45, 7) is 2.14. The van der Waals surface area contributed by atoms with Crippen molar-refractivity contribution >= 4 is 22.6 Å². The Morgan fingerprint density at radius 3 is 3.24 bits per heavy atom. The summed E-state index contributed by atoms with van der Waals surface area (Å²) < 4.78 is 2.22. The summed E-state index contributed by atoms with van der Waals surface area (Å²) in [4.78, 5) is 4.41. The number of nitrogens with zero attached hydrogens (tertiary/aromatic N) is 2. The highest BCUT2D eigenvalue weighted by Gasteiger charge is 2.14. The summed E-state index contributed by atoms with van der Waals surface area (Å²) in [7, 11) is 0. The van der Waals surface area contributed by atoms with Crippen LogP contribution in [0.5, 0.6) is 0 Å². The summed E-state index contributed by atoms with van der Waals surface area (Å²) in [5.74, 6) is 0. The Balaban J connectivity index is 1.84. The molecule has 90 valence electrons. The lowest BCUT2D eigenvalue weighted by atomic mass is 10.1. The van der Waals surface area contributed by atoms with Crippen molar-refractivity contribution in [3.05, 3.63) is 29.5 Å². The molecule has 0 bridgehead atoms. The van der Waals surface area contributed by atoms with E-state index in [0.29, 0.717) is 11.1 Å². The number of piperidine rings is 1. The lowest BCUT2D eigenvalue weighted by Gasteiger charge is -2.24. The fourth-order valence-electron chi connectivity index (χ4n) is 2.52. The fraction of sp³-hybridized carbons (Fsp3) is 0.462. The van der Waals surface area contributed by atoms with Crippen LogP contribution in [0.1, 0.15) is 19.3 Å². The molecule has 1 aliphatic heterocycles. The van der Waals surface area contributed by atoms with Gasteiger partial charge in [0.2, 0.25) is 0 Å². The van der Waals surface area contributed by atoms with Crippen LogP contribution < -0.4 is 5.32 Å². The predicted octanol–water partition coefficient (Wildman–Crippen LogP) is 2.83. The molecule has 3 rings (SSSR count). The smallest absolute Gasteiger partial charge is 0.139 e. The zero-order valence-electron chi connectivity index (χ0n) is 9.69. The van der Waals surface area contributed by atoms with Crippen LogP contribution in [-0.4, -0.2) is 22.1 Å². The van der Waals surface area contributed by atoms with E-state index in [-0.39, 0.29) is 0 Å². The van der Waals surface area contributed by atoms with Crippen molar-refractivity contribution in [2.45, 2.75) is 31.8 Å². The molecule has 3 nitrogen and oxygen atoms in total. The van der Waals surface area contributed by atoms with Gasteiger partial charge in [-0.1, -0.05) is 18.0 Å². The van der Waals surface area contributed by atoms with E-state index in [1.807, 2.05) is 6.07 Å². The summed E-state index contributed by atoms with van der Waals surface area (Å²) in [6.07, 6.45) is 7.71. The third-order valence-electron chi connectivity index (χ3n) is 3.40. The van der Waals surface area contributed by atoms with E-state index >= 15 is 0 Å². The van der Waals surface area contributed by atoms with E-state index in [4.69, 9.17) is 11.6 Å². The highest BCUT2D eigenvalue weighted by atomic mass is 35.5. The lowest BCUT2D eigenvalue weighted by Crippen LogP contribution is -2.37. The van der Waals surface area contributed by atoms with E-state index in [1.165, 1.54) is 19.3 Å². The minimum atomic E-state index is 0.580. The Bertz CT molecular complexity index is 514. The Kier molecular flexibility index (Phi) is 3.04. The maximum Gasteiger partial charge on any atom is 0.139 e. The SMILES string of the molecule is Clc1cnc2c(ccn2CC2CCCCN2)c1. The molecule has 1 saturated heterocycles. The van der Waals surface area contributed by atoms with Crippen LogP contribution >= 0.6 is 11.6 Å². The zero-order valence-corrected chi connectivity index (χ0v) is 10.5. The fourth-order valence-corrected chi connectivity index (χ4v) is 2.68. The van der Waals surface area contributed by atoms with Gasteiger partial charge in [0.05, 0.1) is 5.02 Å². The van der Waals surface area contributed by atoms with Gasteiger partial charge in [-0.3, -0.25) is 0 Å². The quantitative estimate of drug-likeness (QED) is 0.887. The number of halogens is 1. The minimum Gasteiger partial charge on any atom is -0.331 e.